The summed E-state index contributed by atoms with van der Waals surface area (Å²) in [6, 6.07) is -1.54. The number of aliphatic hydroxyl groups is 1. The molecule has 0 saturated heterocycles. The molecule has 0 aromatic rings. The standard InChI is InChI=1S/C42H82NO10P/c1-3-5-7-9-11-12-13-14-15-16-17-18-19-20-21-22-23-24-25-26-28-29-31-33-40(45)43-39(42(47)48)37-53-54(49,50)52-36-38(44)35-51-41(46)34-32-30-27-10-8-6-4-2/h38-39,44H,3-37H2,1-2H3,(H,43,45)(H,47,48)(H,49,50). The normalized spacial score (nSPS) is 13.7. The number of nitrogens with one attached hydrogen (secondary N) is 1. The highest BCUT2D eigenvalue weighted by Crippen LogP contribution is 2.43. The van der Waals surface area contributed by atoms with Crippen LogP contribution in [0.5, 0.6) is 0 Å². The molecule has 54 heavy (non-hydrogen) atoms. The summed E-state index contributed by atoms with van der Waals surface area (Å²) in [5.41, 5.74) is 0. The first-order valence-corrected chi connectivity index (χ1v) is 23.6. The minimum atomic E-state index is -4.74. The molecule has 0 radical (unpaired) electrons. The van der Waals surface area contributed by atoms with Crippen LogP contribution in [0.4, 0.5) is 0 Å². The monoisotopic (exact) mass is 792 g/mol. The fourth-order valence-electron chi connectivity index (χ4n) is 6.43. The fourth-order valence-corrected chi connectivity index (χ4v) is 7.21. The first-order chi connectivity index (χ1) is 26.1. The number of ether oxygens (including phenoxy) is 1. The quantitative estimate of drug-likeness (QED) is 0.0265. The van der Waals surface area contributed by atoms with Crippen LogP contribution in [0.1, 0.15) is 219 Å². The van der Waals surface area contributed by atoms with Gasteiger partial charge in [0.1, 0.15) is 12.7 Å². The number of unbranched alkanes of at least 4 members (excludes halogenated alkanes) is 28. The summed E-state index contributed by atoms with van der Waals surface area (Å²) in [6.45, 7) is 2.56. The molecule has 0 saturated carbocycles. The molecule has 320 valence electrons. The van der Waals surface area contributed by atoms with E-state index in [0.717, 1.165) is 38.5 Å². The van der Waals surface area contributed by atoms with Gasteiger partial charge in [0.2, 0.25) is 5.91 Å². The van der Waals surface area contributed by atoms with E-state index in [2.05, 4.69) is 19.2 Å². The fraction of sp³-hybridized carbons (Fsp3) is 0.929. The molecule has 0 fully saturated rings. The Morgan fingerprint density at radius 2 is 0.852 bits per heavy atom. The second kappa shape index (κ2) is 38.4. The molecule has 1 amide bonds. The topological polar surface area (TPSA) is 169 Å². The summed E-state index contributed by atoms with van der Waals surface area (Å²) in [6.07, 6.45) is 36.0. The molecule has 0 aliphatic rings. The number of amides is 1. The highest BCUT2D eigenvalue weighted by Gasteiger charge is 2.28. The van der Waals surface area contributed by atoms with Crippen LogP contribution in [0, 0.1) is 0 Å². The van der Waals surface area contributed by atoms with Gasteiger partial charge in [-0.15, -0.1) is 0 Å². The molecule has 0 heterocycles. The Hall–Kier alpha value is -1.52. The first kappa shape index (κ1) is 52.5. The van der Waals surface area contributed by atoms with Gasteiger partial charge >= 0.3 is 19.8 Å². The molecule has 0 aromatic heterocycles. The Bertz CT molecular complexity index is 937. The molecular weight excluding hydrogens is 709 g/mol. The van der Waals surface area contributed by atoms with Gasteiger partial charge in [-0.25, -0.2) is 9.36 Å². The predicted molar refractivity (Wildman–Crippen MR) is 217 cm³/mol. The van der Waals surface area contributed by atoms with Crippen molar-refractivity contribution in [2.45, 2.75) is 231 Å². The molecule has 0 spiro atoms. The number of carbonyl (C=O) groups excluding carboxylic acids is 2. The highest BCUT2D eigenvalue weighted by atomic mass is 31.2. The van der Waals surface area contributed by atoms with E-state index in [9.17, 15) is 34.1 Å². The summed E-state index contributed by atoms with van der Waals surface area (Å²) < 4.78 is 26.7. The molecule has 0 bridgehead atoms. The van der Waals surface area contributed by atoms with Crippen LogP contribution in [-0.4, -0.2) is 64.9 Å². The van der Waals surface area contributed by atoms with Crippen molar-refractivity contribution in [2.24, 2.45) is 0 Å². The van der Waals surface area contributed by atoms with Crippen molar-refractivity contribution in [3.8, 4) is 0 Å². The van der Waals surface area contributed by atoms with E-state index in [0.29, 0.717) is 12.8 Å². The minimum absolute atomic E-state index is 0.153. The SMILES string of the molecule is CCCCCCCCCCCCCCCCCCCCCCCCCC(=O)NC(COP(=O)(O)OCC(O)COC(=O)CCCCCCCCC)C(=O)O. The van der Waals surface area contributed by atoms with E-state index in [4.69, 9.17) is 13.8 Å². The van der Waals surface area contributed by atoms with Crippen molar-refractivity contribution >= 4 is 25.7 Å². The lowest BCUT2D eigenvalue weighted by Crippen LogP contribution is -2.43. The second-order valence-electron chi connectivity index (χ2n) is 15.3. The van der Waals surface area contributed by atoms with Crippen LogP contribution in [0.3, 0.4) is 0 Å². The Labute approximate surface area is 329 Å². The van der Waals surface area contributed by atoms with E-state index in [1.54, 1.807) is 0 Å². The van der Waals surface area contributed by atoms with Gasteiger partial charge < -0.3 is 25.2 Å². The molecule has 12 heteroatoms. The number of carbonyl (C=O) groups is 3. The van der Waals surface area contributed by atoms with Crippen molar-refractivity contribution in [3.05, 3.63) is 0 Å². The van der Waals surface area contributed by atoms with Crippen molar-refractivity contribution < 1.29 is 47.8 Å². The average molecular weight is 792 g/mol. The number of hydrogen-bond acceptors (Lipinski definition) is 8. The Morgan fingerprint density at radius 1 is 0.519 bits per heavy atom. The van der Waals surface area contributed by atoms with Gasteiger partial charge in [0, 0.05) is 12.8 Å². The number of hydrogen-bond donors (Lipinski definition) is 4. The molecule has 3 atom stereocenters. The zero-order chi connectivity index (χ0) is 40.0. The number of phosphoric acid groups is 1. The smallest absolute Gasteiger partial charge is 0.472 e. The number of carboxylic acid groups (broad SMARTS) is 1. The zero-order valence-electron chi connectivity index (χ0n) is 34.6. The maximum atomic E-state index is 12.3. The maximum Gasteiger partial charge on any atom is 0.472 e. The van der Waals surface area contributed by atoms with Gasteiger partial charge in [-0.2, -0.15) is 0 Å². The Balaban J connectivity index is 3.78. The number of phosphoric ester groups is 1. The van der Waals surface area contributed by atoms with E-state index in [1.807, 2.05) is 0 Å². The number of rotatable bonds is 42. The lowest BCUT2D eigenvalue weighted by atomic mass is 10.0. The molecule has 11 nitrogen and oxygen atoms in total. The summed E-state index contributed by atoms with van der Waals surface area (Å²) in [5.74, 6) is -2.36. The van der Waals surface area contributed by atoms with Gasteiger partial charge in [0.25, 0.3) is 0 Å². The van der Waals surface area contributed by atoms with Gasteiger partial charge in [-0.05, 0) is 12.8 Å². The van der Waals surface area contributed by atoms with Gasteiger partial charge in [0.05, 0.1) is 13.2 Å². The lowest BCUT2D eigenvalue weighted by Gasteiger charge is -2.18. The summed E-state index contributed by atoms with van der Waals surface area (Å²) in [7, 11) is -4.74. The predicted octanol–water partition coefficient (Wildman–Crippen LogP) is 11.1. The van der Waals surface area contributed by atoms with E-state index < -0.39 is 57.6 Å². The lowest BCUT2D eigenvalue weighted by molar-refractivity contribution is -0.147. The number of esters is 1. The summed E-state index contributed by atoms with van der Waals surface area (Å²) >= 11 is 0. The molecule has 0 rings (SSSR count). The summed E-state index contributed by atoms with van der Waals surface area (Å²) in [5, 5.41) is 21.7. The van der Waals surface area contributed by atoms with Crippen molar-refractivity contribution in [1.82, 2.24) is 5.32 Å². The molecule has 0 aromatic carbocycles. The number of carboxylic acids is 1. The van der Waals surface area contributed by atoms with Gasteiger partial charge in [-0.3, -0.25) is 18.6 Å². The van der Waals surface area contributed by atoms with E-state index in [1.165, 1.54) is 141 Å². The molecule has 3 unspecified atom stereocenters. The third-order valence-electron chi connectivity index (χ3n) is 9.90. The largest absolute Gasteiger partial charge is 0.480 e. The molecule has 4 N–H and O–H groups in total. The van der Waals surface area contributed by atoms with Crippen molar-refractivity contribution in [3.63, 3.8) is 0 Å². The van der Waals surface area contributed by atoms with Crippen LogP contribution in [-0.2, 0) is 32.7 Å². The summed E-state index contributed by atoms with van der Waals surface area (Å²) in [4.78, 5) is 45.7. The third-order valence-corrected chi connectivity index (χ3v) is 10.8. The third kappa shape index (κ3) is 37.4. The van der Waals surface area contributed by atoms with Crippen LogP contribution >= 0.6 is 7.82 Å². The Kier molecular flexibility index (Phi) is 37.3. The Morgan fingerprint density at radius 3 is 1.22 bits per heavy atom. The number of aliphatic carboxylic acids is 1. The van der Waals surface area contributed by atoms with Gasteiger partial charge in [-0.1, -0.05) is 194 Å². The highest BCUT2D eigenvalue weighted by molar-refractivity contribution is 7.47. The van der Waals surface area contributed by atoms with Crippen LogP contribution < -0.4 is 5.32 Å². The number of aliphatic hydroxyl groups excluding tert-OH is 1. The van der Waals surface area contributed by atoms with E-state index in [-0.39, 0.29) is 12.8 Å². The van der Waals surface area contributed by atoms with Crippen molar-refractivity contribution in [2.75, 3.05) is 19.8 Å². The van der Waals surface area contributed by atoms with Crippen molar-refractivity contribution in [1.29, 1.82) is 0 Å². The second-order valence-corrected chi connectivity index (χ2v) is 16.7. The van der Waals surface area contributed by atoms with Crippen LogP contribution in [0.2, 0.25) is 0 Å². The molecule has 0 aliphatic carbocycles. The zero-order valence-corrected chi connectivity index (χ0v) is 35.4. The van der Waals surface area contributed by atoms with E-state index >= 15 is 0 Å². The first-order valence-electron chi connectivity index (χ1n) is 22.1. The van der Waals surface area contributed by atoms with Crippen LogP contribution in [0.15, 0.2) is 0 Å². The molecular formula is C42H82NO10P. The minimum Gasteiger partial charge on any atom is -0.480 e. The van der Waals surface area contributed by atoms with Gasteiger partial charge in [0.15, 0.2) is 6.04 Å². The van der Waals surface area contributed by atoms with Crippen LogP contribution in [0.25, 0.3) is 0 Å². The maximum absolute atomic E-state index is 12.3. The molecule has 0 aliphatic heterocycles. The average Bonchev–Trinajstić information content (AvgIpc) is 3.14.